The van der Waals surface area contributed by atoms with Crippen molar-refractivity contribution in [2.75, 3.05) is 0 Å². The topological polar surface area (TPSA) is 109 Å². The molecule has 0 aliphatic heterocycles. The molecule has 0 aliphatic rings. The zero-order valence-corrected chi connectivity index (χ0v) is 14.5. The highest BCUT2D eigenvalue weighted by Crippen LogP contribution is 2.14. The monoisotopic (exact) mass is 397 g/mol. The molecule has 0 spiro atoms. The van der Waals surface area contributed by atoms with Crippen LogP contribution >= 0.6 is 0 Å². The van der Waals surface area contributed by atoms with Gasteiger partial charge in [0.25, 0.3) is 0 Å². The normalized spacial score (nSPS) is 12.1. The molecule has 1 unspecified atom stereocenters. The molecule has 0 fully saturated rings. The second-order valence-electron chi connectivity index (χ2n) is 5.73. The van der Waals surface area contributed by atoms with E-state index in [-0.39, 0.29) is 0 Å². The summed E-state index contributed by atoms with van der Waals surface area (Å²) in [5.41, 5.74) is 2.55. The van der Waals surface area contributed by atoms with Crippen molar-refractivity contribution < 1.29 is 37.5 Å². The Hall–Kier alpha value is -3.50. The molecule has 2 aromatic heterocycles. The van der Waals surface area contributed by atoms with Gasteiger partial charge >= 0.3 is 18.1 Å². The number of alkyl halides is 3. The SMILES string of the molecule is CC(C(=O)O)c1ccc[n+](Cn2nnc3ccccc32)c1.O=C(O)C(F)(F)F. The lowest BCUT2D eigenvalue weighted by Gasteiger charge is -2.05. The van der Waals surface area contributed by atoms with E-state index in [1.54, 1.807) is 11.6 Å². The third-order valence-electron chi connectivity index (χ3n) is 3.71. The number of para-hydroxylation sites is 1. The summed E-state index contributed by atoms with van der Waals surface area (Å²) in [6, 6.07) is 11.4. The third kappa shape index (κ3) is 5.25. The molecule has 3 rings (SSSR count). The highest BCUT2D eigenvalue weighted by atomic mass is 19.4. The standard InChI is InChI=1S/C15H14N4O2.C2HF3O2/c1-11(15(20)21)12-5-4-8-18(9-12)10-19-14-7-3-2-6-13(14)16-17-19;3-2(4,5)1(6)7/h2-9,11H,10H2,1H3;(H,6,7)/p+1. The molecule has 148 valence electrons. The second-order valence-corrected chi connectivity index (χ2v) is 5.73. The van der Waals surface area contributed by atoms with Crippen LogP contribution in [-0.4, -0.2) is 43.3 Å². The maximum absolute atomic E-state index is 11.1. The summed E-state index contributed by atoms with van der Waals surface area (Å²) in [5.74, 6) is -4.13. The smallest absolute Gasteiger partial charge is 0.481 e. The van der Waals surface area contributed by atoms with E-state index in [9.17, 15) is 18.0 Å². The van der Waals surface area contributed by atoms with Gasteiger partial charge in [0.1, 0.15) is 5.52 Å². The zero-order valence-electron chi connectivity index (χ0n) is 14.5. The lowest BCUT2D eigenvalue weighted by Crippen LogP contribution is -2.38. The number of pyridine rings is 1. The number of halogens is 3. The van der Waals surface area contributed by atoms with Gasteiger partial charge in [0.15, 0.2) is 12.4 Å². The van der Waals surface area contributed by atoms with Crippen LogP contribution in [0, 0.1) is 0 Å². The van der Waals surface area contributed by atoms with Crippen molar-refractivity contribution in [2.45, 2.75) is 25.7 Å². The van der Waals surface area contributed by atoms with Crippen LogP contribution in [0.4, 0.5) is 13.2 Å². The van der Waals surface area contributed by atoms with Crippen molar-refractivity contribution in [3.8, 4) is 0 Å². The van der Waals surface area contributed by atoms with E-state index < -0.39 is 24.0 Å². The first kappa shape index (κ1) is 20.8. The maximum Gasteiger partial charge on any atom is 0.490 e. The Morgan fingerprint density at radius 1 is 1.18 bits per heavy atom. The second kappa shape index (κ2) is 8.46. The number of benzene rings is 1. The fourth-order valence-electron chi connectivity index (χ4n) is 2.21. The highest BCUT2D eigenvalue weighted by molar-refractivity contribution is 5.75. The van der Waals surface area contributed by atoms with E-state index in [4.69, 9.17) is 15.0 Å². The summed E-state index contributed by atoms with van der Waals surface area (Å²) in [6.45, 7) is 2.16. The Labute approximate surface area is 156 Å². The average Bonchev–Trinajstić information content (AvgIpc) is 3.04. The number of carboxylic acids is 2. The fourth-order valence-corrected chi connectivity index (χ4v) is 2.21. The number of hydrogen-bond donors (Lipinski definition) is 2. The van der Waals surface area contributed by atoms with Crippen LogP contribution in [-0.2, 0) is 16.3 Å². The van der Waals surface area contributed by atoms with Gasteiger partial charge in [0.2, 0.25) is 6.67 Å². The van der Waals surface area contributed by atoms with Gasteiger partial charge in [0, 0.05) is 11.6 Å². The lowest BCUT2D eigenvalue weighted by molar-refractivity contribution is -0.702. The number of carbonyl (C=O) groups is 2. The number of aliphatic carboxylic acids is 2. The van der Waals surface area contributed by atoms with Crippen molar-refractivity contribution >= 4 is 23.0 Å². The molecule has 2 heterocycles. The van der Waals surface area contributed by atoms with Crippen molar-refractivity contribution in [1.29, 1.82) is 0 Å². The summed E-state index contributed by atoms with van der Waals surface area (Å²) in [6.07, 6.45) is -1.37. The number of carboxylic acid groups (broad SMARTS) is 2. The molecular weight excluding hydrogens is 381 g/mol. The fraction of sp³-hybridized carbons (Fsp3) is 0.235. The number of hydrogen-bond acceptors (Lipinski definition) is 4. The van der Waals surface area contributed by atoms with Crippen molar-refractivity contribution in [3.63, 3.8) is 0 Å². The zero-order chi connectivity index (χ0) is 20.9. The van der Waals surface area contributed by atoms with Crippen LogP contribution in [0.3, 0.4) is 0 Å². The van der Waals surface area contributed by atoms with E-state index in [1.807, 2.05) is 53.4 Å². The predicted molar refractivity (Wildman–Crippen MR) is 89.3 cm³/mol. The Bertz CT molecular complexity index is 988. The summed E-state index contributed by atoms with van der Waals surface area (Å²) >= 11 is 0. The predicted octanol–water partition coefficient (Wildman–Crippen LogP) is 2.05. The van der Waals surface area contributed by atoms with Crippen molar-refractivity contribution in [3.05, 3.63) is 54.4 Å². The molecule has 0 aliphatic carbocycles. The molecule has 1 aromatic carbocycles. The molecule has 11 heteroatoms. The first-order valence-electron chi connectivity index (χ1n) is 7.89. The van der Waals surface area contributed by atoms with E-state index >= 15 is 0 Å². The summed E-state index contributed by atoms with van der Waals surface area (Å²) < 4.78 is 35.4. The molecule has 1 atom stereocenters. The molecule has 0 saturated heterocycles. The summed E-state index contributed by atoms with van der Waals surface area (Å²) in [5, 5.41) is 24.4. The number of aromatic nitrogens is 4. The molecule has 28 heavy (non-hydrogen) atoms. The van der Waals surface area contributed by atoms with E-state index in [1.165, 1.54) is 0 Å². The number of nitrogens with zero attached hydrogens (tertiary/aromatic N) is 4. The minimum atomic E-state index is -5.08. The molecular formula is C17H16F3N4O4+. The average molecular weight is 397 g/mol. The molecule has 8 nitrogen and oxygen atoms in total. The van der Waals surface area contributed by atoms with Crippen molar-refractivity contribution in [1.82, 2.24) is 15.0 Å². The lowest BCUT2D eigenvalue weighted by atomic mass is 10.0. The van der Waals surface area contributed by atoms with Gasteiger partial charge in [-0.05, 0) is 25.1 Å². The molecule has 0 radical (unpaired) electrons. The van der Waals surface area contributed by atoms with Crippen LogP contribution < -0.4 is 4.57 Å². The third-order valence-corrected chi connectivity index (χ3v) is 3.71. The van der Waals surface area contributed by atoms with Gasteiger partial charge in [-0.15, -0.1) is 5.10 Å². The molecule has 0 saturated carbocycles. The Balaban J connectivity index is 0.000000345. The van der Waals surface area contributed by atoms with Gasteiger partial charge in [-0.3, -0.25) is 4.79 Å². The number of rotatable bonds is 4. The highest BCUT2D eigenvalue weighted by Gasteiger charge is 2.38. The minimum absolute atomic E-state index is 0.487. The first-order chi connectivity index (χ1) is 13.1. The van der Waals surface area contributed by atoms with Gasteiger partial charge < -0.3 is 10.2 Å². The van der Waals surface area contributed by atoms with Gasteiger partial charge in [-0.1, -0.05) is 17.3 Å². The van der Waals surface area contributed by atoms with E-state index in [0.717, 1.165) is 16.6 Å². The molecule has 3 aromatic rings. The minimum Gasteiger partial charge on any atom is -0.481 e. The molecule has 0 bridgehead atoms. The van der Waals surface area contributed by atoms with Crippen LogP contribution in [0.25, 0.3) is 11.0 Å². The Morgan fingerprint density at radius 3 is 2.43 bits per heavy atom. The number of fused-ring (bicyclic) bond motifs is 1. The van der Waals surface area contributed by atoms with Gasteiger partial charge in [-0.2, -0.15) is 22.4 Å². The Kier molecular flexibility index (Phi) is 6.29. The van der Waals surface area contributed by atoms with Crippen molar-refractivity contribution in [2.24, 2.45) is 0 Å². The quantitative estimate of drug-likeness (QED) is 0.652. The van der Waals surface area contributed by atoms with Crippen LogP contribution in [0.2, 0.25) is 0 Å². The van der Waals surface area contributed by atoms with Crippen LogP contribution in [0.15, 0.2) is 48.8 Å². The maximum atomic E-state index is 11.1. The molecule has 2 N–H and O–H groups in total. The van der Waals surface area contributed by atoms with Crippen LogP contribution in [0.5, 0.6) is 0 Å². The summed E-state index contributed by atoms with van der Waals surface area (Å²) in [4.78, 5) is 20.0. The summed E-state index contributed by atoms with van der Waals surface area (Å²) in [7, 11) is 0. The molecule has 0 amide bonds. The van der Waals surface area contributed by atoms with E-state index in [0.29, 0.717) is 6.67 Å². The van der Waals surface area contributed by atoms with Gasteiger partial charge in [-0.25, -0.2) is 4.79 Å². The largest absolute Gasteiger partial charge is 0.490 e. The van der Waals surface area contributed by atoms with E-state index in [2.05, 4.69) is 10.3 Å². The van der Waals surface area contributed by atoms with Gasteiger partial charge in [0.05, 0.1) is 11.4 Å². The first-order valence-corrected chi connectivity index (χ1v) is 7.89. The Morgan fingerprint density at radius 2 is 1.82 bits per heavy atom. The van der Waals surface area contributed by atoms with Crippen LogP contribution in [0.1, 0.15) is 18.4 Å².